The van der Waals surface area contributed by atoms with Crippen LogP contribution in [0.15, 0.2) is 0 Å². The van der Waals surface area contributed by atoms with Gasteiger partial charge in [-0.3, -0.25) is 9.59 Å². The van der Waals surface area contributed by atoms with Crippen LogP contribution in [-0.4, -0.2) is 34.3 Å². The highest BCUT2D eigenvalue weighted by Crippen LogP contribution is 2.43. The summed E-state index contributed by atoms with van der Waals surface area (Å²) in [5.41, 5.74) is -0.640. The summed E-state index contributed by atoms with van der Waals surface area (Å²) in [7, 11) is 0. The zero-order valence-corrected chi connectivity index (χ0v) is 13.4. The van der Waals surface area contributed by atoms with E-state index in [9.17, 15) is 9.59 Å². The maximum atomic E-state index is 13.2. The van der Waals surface area contributed by atoms with E-state index in [1.165, 1.54) is 19.3 Å². The molecule has 1 heterocycles. The van der Waals surface area contributed by atoms with Gasteiger partial charge in [-0.25, -0.2) is 0 Å². The molecule has 3 aliphatic rings. The quantitative estimate of drug-likeness (QED) is 0.866. The summed E-state index contributed by atoms with van der Waals surface area (Å²) in [4.78, 5) is 27.8. The topological polar surface area (TPSA) is 49.4 Å². The van der Waals surface area contributed by atoms with Gasteiger partial charge in [-0.15, -0.1) is 0 Å². The van der Waals surface area contributed by atoms with Gasteiger partial charge >= 0.3 is 0 Å². The summed E-state index contributed by atoms with van der Waals surface area (Å²) in [6.07, 6.45) is 9.65. The molecular formula is C17H28N2O2. The number of carbonyl (C=O) groups is 2. The van der Waals surface area contributed by atoms with Crippen LogP contribution in [0.3, 0.4) is 0 Å². The van der Waals surface area contributed by atoms with Crippen LogP contribution in [0, 0.1) is 5.92 Å². The van der Waals surface area contributed by atoms with Crippen LogP contribution >= 0.6 is 0 Å². The van der Waals surface area contributed by atoms with E-state index in [-0.39, 0.29) is 23.9 Å². The summed E-state index contributed by atoms with van der Waals surface area (Å²) in [5, 5.41) is 3.08. The maximum Gasteiger partial charge on any atom is 0.249 e. The second-order valence-corrected chi connectivity index (χ2v) is 7.27. The van der Waals surface area contributed by atoms with Crippen LogP contribution in [0.5, 0.6) is 0 Å². The van der Waals surface area contributed by atoms with Gasteiger partial charge in [-0.1, -0.05) is 32.6 Å². The van der Waals surface area contributed by atoms with Gasteiger partial charge in [0.1, 0.15) is 11.6 Å². The van der Waals surface area contributed by atoms with Gasteiger partial charge in [0.2, 0.25) is 11.8 Å². The number of amides is 2. The lowest BCUT2D eigenvalue weighted by molar-refractivity contribution is -0.159. The van der Waals surface area contributed by atoms with E-state index in [0.717, 1.165) is 38.5 Å². The fourth-order valence-corrected chi connectivity index (χ4v) is 4.19. The van der Waals surface area contributed by atoms with Crippen molar-refractivity contribution in [3.8, 4) is 0 Å². The lowest BCUT2D eigenvalue weighted by Gasteiger charge is -2.49. The number of carbonyl (C=O) groups excluding carboxylic acids is 2. The van der Waals surface area contributed by atoms with Gasteiger partial charge in [0.05, 0.1) is 0 Å². The first kappa shape index (κ1) is 14.9. The number of hydrogen-bond acceptors (Lipinski definition) is 2. The van der Waals surface area contributed by atoms with Crippen LogP contribution in [0.4, 0.5) is 0 Å². The molecule has 1 aliphatic heterocycles. The van der Waals surface area contributed by atoms with E-state index in [1.807, 2.05) is 11.8 Å². The van der Waals surface area contributed by atoms with E-state index in [0.29, 0.717) is 5.92 Å². The predicted molar refractivity (Wildman–Crippen MR) is 81.7 cm³/mol. The normalized spacial score (nSPS) is 35.0. The lowest BCUT2D eigenvalue weighted by Crippen LogP contribution is -2.72. The SMILES string of the molecule is CCCC1C(=O)NC(C)(C2CC2)C(=O)N1C1CCCCC1. The Morgan fingerprint density at radius 3 is 2.38 bits per heavy atom. The molecule has 4 heteroatoms. The number of piperazine rings is 1. The lowest BCUT2D eigenvalue weighted by atomic mass is 9.84. The van der Waals surface area contributed by atoms with Crippen molar-refractivity contribution in [2.45, 2.75) is 89.3 Å². The molecule has 2 unspecified atom stereocenters. The maximum absolute atomic E-state index is 13.2. The molecule has 1 saturated heterocycles. The molecule has 3 rings (SSSR count). The Kier molecular flexibility index (Phi) is 3.98. The molecule has 2 atom stereocenters. The fourth-order valence-electron chi connectivity index (χ4n) is 4.19. The predicted octanol–water partition coefficient (Wildman–Crippen LogP) is 2.61. The summed E-state index contributed by atoms with van der Waals surface area (Å²) >= 11 is 0. The van der Waals surface area contributed by atoms with Crippen molar-refractivity contribution in [2.75, 3.05) is 0 Å². The van der Waals surface area contributed by atoms with Crippen LogP contribution in [-0.2, 0) is 9.59 Å². The molecule has 1 N–H and O–H groups in total. The van der Waals surface area contributed by atoms with E-state index in [2.05, 4.69) is 12.2 Å². The van der Waals surface area contributed by atoms with Crippen LogP contribution < -0.4 is 5.32 Å². The van der Waals surface area contributed by atoms with Crippen LogP contribution in [0.2, 0.25) is 0 Å². The molecule has 4 nitrogen and oxygen atoms in total. The first-order valence-electron chi connectivity index (χ1n) is 8.72. The van der Waals surface area contributed by atoms with E-state index in [1.54, 1.807) is 0 Å². The Morgan fingerprint density at radius 2 is 1.81 bits per heavy atom. The fraction of sp³-hybridized carbons (Fsp3) is 0.882. The monoisotopic (exact) mass is 292 g/mol. The van der Waals surface area contributed by atoms with Crippen LogP contribution in [0.25, 0.3) is 0 Å². The second-order valence-electron chi connectivity index (χ2n) is 7.27. The van der Waals surface area contributed by atoms with E-state index >= 15 is 0 Å². The Bertz CT molecular complexity index is 427. The molecule has 2 saturated carbocycles. The van der Waals surface area contributed by atoms with Crippen molar-refractivity contribution in [3.05, 3.63) is 0 Å². The molecule has 118 valence electrons. The Morgan fingerprint density at radius 1 is 1.14 bits per heavy atom. The van der Waals surface area contributed by atoms with Crippen molar-refractivity contribution in [1.29, 1.82) is 0 Å². The molecule has 3 fully saturated rings. The number of nitrogens with zero attached hydrogens (tertiary/aromatic N) is 1. The minimum atomic E-state index is -0.640. The molecule has 0 aromatic rings. The van der Waals surface area contributed by atoms with Crippen molar-refractivity contribution in [2.24, 2.45) is 5.92 Å². The highest BCUT2D eigenvalue weighted by molar-refractivity contribution is 6.00. The molecule has 0 radical (unpaired) electrons. The molecule has 0 aromatic heterocycles. The highest BCUT2D eigenvalue weighted by atomic mass is 16.2. The third kappa shape index (κ3) is 2.58. The zero-order valence-electron chi connectivity index (χ0n) is 13.4. The average molecular weight is 292 g/mol. The number of rotatable bonds is 4. The van der Waals surface area contributed by atoms with Crippen LogP contribution in [0.1, 0.15) is 71.6 Å². The number of hydrogen-bond donors (Lipinski definition) is 1. The molecule has 2 amide bonds. The minimum absolute atomic E-state index is 0.0800. The molecule has 0 bridgehead atoms. The number of nitrogens with one attached hydrogen (secondary N) is 1. The summed E-state index contributed by atoms with van der Waals surface area (Å²) in [6, 6.07) is 0.0457. The molecule has 21 heavy (non-hydrogen) atoms. The van der Waals surface area contributed by atoms with Gasteiger partial charge in [-0.05, 0) is 44.9 Å². The van der Waals surface area contributed by atoms with Gasteiger partial charge in [0, 0.05) is 6.04 Å². The standard InChI is InChI=1S/C17H28N2O2/c1-3-7-14-15(20)18-17(2,12-10-11-12)16(21)19(14)13-8-5-4-6-9-13/h12-14H,3-11H2,1-2H3,(H,18,20). The van der Waals surface area contributed by atoms with Gasteiger partial charge in [0.15, 0.2) is 0 Å². The Hall–Kier alpha value is -1.06. The molecule has 0 spiro atoms. The smallest absolute Gasteiger partial charge is 0.249 e. The molecule has 0 aromatic carbocycles. The van der Waals surface area contributed by atoms with E-state index < -0.39 is 5.54 Å². The Labute approximate surface area is 127 Å². The second kappa shape index (κ2) is 5.62. The summed E-state index contributed by atoms with van der Waals surface area (Å²) < 4.78 is 0. The third-order valence-electron chi connectivity index (χ3n) is 5.62. The highest BCUT2D eigenvalue weighted by Gasteiger charge is 2.56. The van der Waals surface area contributed by atoms with Gasteiger partial charge in [0.25, 0.3) is 0 Å². The first-order valence-corrected chi connectivity index (χ1v) is 8.72. The van der Waals surface area contributed by atoms with Gasteiger partial charge in [-0.2, -0.15) is 0 Å². The minimum Gasteiger partial charge on any atom is -0.340 e. The average Bonchev–Trinajstić information content (AvgIpc) is 3.31. The van der Waals surface area contributed by atoms with Crippen molar-refractivity contribution in [3.63, 3.8) is 0 Å². The van der Waals surface area contributed by atoms with Crippen molar-refractivity contribution < 1.29 is 9.59 Å². The van der Waals surface area contributed by atoms with Crippen molar-refractivity contribution >= 4 is 11.8 Å². The van der Waals surface area contributed by atoms with Crippen molar-refractivity contribution in [1.82, 2.24) is 10.2 Å². The molecular weight excluding hydrogens is 264 g/mol. The Balaban J connectivity index is 1.88. The third-order valence-corrected chi connectivity index (χ3v) is 5.62. The summed E-state index contributed by atoms with van der Waals surface area (Å²) in [5.74, 6) is 0.619. The van der Waals surface area contributed by atoms with Gasteiger partial charge < -0.3 is 10.2 Å². The summed E-state index contributed by atoms with van der Waals surface area (Å²) in [6.45, 7) is 4.04. The first-order chi connectivity index (χ1) is 10.1. The van der Waals surface area contributed by atoms with E-state index in [4.69, 9.17) is 0 Å². The molecule has 2 aliphatic carbocycles. The largest absolute Gasteiger partial charge is 0.340 e. The zero-order chi connectivity index (χ0) is 15.0.